The van der Waals surface area contributed by atoms with Gasteiger partial charge >= 0.3 is 0 Å². The van der Waals surface area contributed by atoms with E-state index in [9.17, 15) is 9.18 Å². The first-order chi connectivity index (χ1) is 6.24. The summed E-state index contributed by atoms with van der Waals surface area (Å²) in [5, 5.41) is 0.229. The molecule has 0 aliphatic rings. The van der Waals surface area contributed by atoms with Crippen LogP contribution < -0.4 is 0 Å². The number of hydrogen-bond acceptors (Lipinski definition) is 2. The van der Waals surface area contributed by atoms with Crippen LogP contribution in [0.3, 0.4) is 0 Å². The molecule has 0 unspecified atom stereocenters. The number of allylic oxidation sites excluding steroid dienone is 1. The van der Waals surface area contributed by atoms with E-state index in [2.05, 4.69) is 4.98 Å². The molecule has 0 radical (unpaired) electrons. The highest BCUT2D eigenvalue weighted by Crippen LogP contribution is 2.13. The molecule has 0 aliphatic heterocycles. The first-order valence-electron chi connectivity index (χ1n) is 3.65. The molecule has 1 aromatic rings. The van der Waals surface area contributed by atoms with E-state index in [1.165, 1.54) is 12.1 Å². The minimum absolute atomic E-state index is 0.229. The minimum atomic E-state index is -0.452. The predicted molar refractivity (Wildman–Crippen MR) is 48.9 cm³/mol. The van der Waals surface area contributed by atoms with E-state index >= 15 is 0 Å². The quantitative estimate of drug-likeness (QED) is 0.553. The number of halogens is 2. The number of nitrogens with zero attached hydrogens (tertiary/aromatic N) is 1. The van der Waals surface area contributed by atoms with Gasteiger partial charge in [-0.1, -0.05) is 23.8 Å². The van der Waals surface area contributed by atoms with Gasteiger partial charge in [0.1, 0.15) is 17.3 Å². The van der Waals surface area contributed by atoms with Crippen LogP contribution in [0.15, 0.2) is 18.3 Å². The number of carbonyl (C=O) groups excluding carboxylic acids is 1. The Morgan fingerprint density at radius 1 is 1.62 bits per heavy atom. The number of rotatable bonds is 3. The van der Waals surface area contributed by atoms with E-state index in [0.29, 0.717) is 5.56 Å². The summed E-state index contributed by atoms with van der Waals surface area (Å²) in [5.41, 5.74) is 0.335. The van der Waals surface area contributed by atoms with Gasteiger partial charge in [0, 0.05) is 12.0 Å². The molecule has 0 atom stereocenters. The number of aldehydes is 1. The molecule has 2 nitrogen and oxygen atoms in total. The van der Waals surface area contributed by atoms with E-state index in [4.69, 9.17) is 11.6 Å². The van der Waals surface area contributed by atoms with Crippen molar-refractivity contribution >= 4 is 24.0 Å². The summed E-state index contributed by atoms with van der Waals surface area (Å²) in [7, 11) is 0. The van der Waals surface area contributed by atoms with E-state index in [1.807, 2.05) is 0 Å². The molecule has 0 spiro atoms. The van der Waals surface area contributed by atoms with Gasteiger partial charge in [0.2, 0.25) is 0 Å². The van der Waals surface area contributed by atoms with Crippen LogP contribution in [-0.2, 0) is 4.79 Å². The highest BCUT2D eigenvalue weighted by molar-refractivity contribution is 6.29. The second kappa shape index (κ2) is 4.72. The fourth-order valence-corrected chi connectivity index (χ4v) is 0.972. The number of carbonyl (C=O) groups is 1. The number of pyridine rings is 1. The molecule has 4 heteroatoms. The van der Waals surface area contributed by atoms with Crippen LogP contribution in [0.2, 0.25) is 5.15 Å². The zero-order valence-electron chi connectivity index (χ0n) is 6.71. The van der Waals surface area contributed by atoms with Gasteiger partial charge < -0.3 is 4.79 Å². The molecule has 0 saturated carbocycles. The fourth-order valence-electron chi connectivity index (χ4n) is 0.806. The van der Waals surface area contributed by atoms with E-state index < -0.39 is 5.82 Å². The summed E-state index contributed by atoms with van der Waals surface area (Å²) >= 11 is 5.55. The Morgan fingerprint density at radius 3 is 3.08 bits per heavy atom. The van der Waals surface area contributed by atoms with E-state index in [0.717, 1.165) is 12.5 Å². The molecule has 0 fully saturated rings. The number of aromatic nitrogens is 1. The van der Waals surface area contributed by atoms with Gasteiger partial charge in [0.15, 0.2) is 0 Å². The summed E-state index contributed by atoms with van der Waals surface area (Å²) < 4.78 is 12.9. The van der Waals surface area contributed by atoms with Crippen LogP contribution >= 0.6 is 11.6 Å². The lowest BCUT2D eigenvalue weighted by molar-refractivity contribution is -0.107. The van der Waals surface area contributed by atoms with Gasteiger partial charge in [-0.05, 0) is 6.07 Å². The van der Waals surface area contributed by atoms with Crippen molar-refractivity contribution in [2.24, 2.45) is 0 Å². The van der Waals surface area contributed by atoms with Crippen LogP contribution in [0.1, 0.15) is 12.0 Å². The Balaban J connectivity index is 2.86. The summed E-state index contributed by atoms with van der Waals surface area (Å²) in [6, 6.07) is 1.40. The lowest BCUT2D eigenvalue weighted by Crippen LogP contribution is -1.84. The van der Waals surface area contributed by atoms with Crippen molar-refractivity contribution in [3.8, 4) is 0 Å². The molecule has 0 amide bonds. The number of hydrogen-bond donors (Lipinski definition) is 0. The van der Waals surface area contributed by atoms with Crippen molar-refractivity contribution in [1.82, 2.24) is 4.98 Å². The van der Waals surface area contributed by atoms with Gasteiger partial charge in [-0.15, -0.1) is 0 Å². The van der Waals surface area contributed by atoms with Gasteiger partial charge in [-0.25, -0.2) is 9.37 Å². The van der Waals surface area contributed by atoms with Crippen molar-refractivity contribution in [1.29, 1.82) is 0 Å². The third-order valence-electron chi connectivity index (χ3n) is 1.38. The second-order valence-electron chi connectivity index (χ2n) is 2.33. The summed E-state index contributed by atoms with van der Waals surface area (Å²) in [4.78, 5) is 13.5. The third kappa shape index (κ3) is 2.95. The van der Waals surface area contributed by atoms with Crippen molar-refractivity contribution in [3.05, 3.63) is 34.9 Å². The molecule has 0 aromatic carbocycles. The van der Waals surface area contributed by atoms with Crippen LogP contribution in [0.5, 0.6) is 0 Å². The molecule has 0 aliphatic carbocycles. The van der Waals surface area contributed by atoms with Gasteiger partial charge in [0.25, 0.3) is 0 Å². The largest absolute Gasteiger partial charge is 0.303 e. The maximum atomic E-state index is 12.9. The Bertz CT molecular complexity index is 338. The van der Waals surface area contributed by atoms with E-state index in [-0.39, 0.29) is 11.6 Å². The highest BCUT2D eigenvalue weighted by Gasteiger charge is 1.99. The predicted octanol–water partition coefficient (Wildman–Crippen LogP) is 2.48. The summed E-state index contributed by atoms with van der Waals surface area (Å²) in [5.74, 6) is -0.452. The molecular weight excluding hydrogens is 193 g/mol. The molecule has 0 bridgehead atoms. The average molecular weight is 200 g/mol. The third-order valence-corrected chi connectivity index (χ3v) is 1.59. The lowest BCUT2D eigenvalue weighted by Gasteiger charge is -1.95. The Kier molecular flexibility index (Phi) is 3.58. The minimum Gasteiger partial charge on any atom is -0.303 e. The van der Waals surface area contributed by atoms with Crippen molar-refractivity contribution in [3.63, 3.8) is 0 Å². The zero-order chi connectivity index (χ0) is 9.68. The van der Waals surface area contributed by atoms with Gasteiger partial charge in [-0.2, -0.15) is 0 Å². The average Bonchev–Trinajstić information content (AvgIpc) is 2.11. The Morgan fingerprint density at radius 2 is 2.38 bits per heavy atom. The summed E-state index contributed by atoms with van der Waals surface area (Å²) in [6.45, 7) is 0. The van der Waals surface area contributed by atoms with Crippen LogP contribution in [0, 0.1) is 5.82 Å². The molecule has 1 aromatic heterocycles. The molecule has 13 heavy (non-hydrogen) atoms. The Labute approximate surface area is 80.1 Å². The first-order valence-corrected chi connectivity index (χ1v) is 4.03. The fraction of sp³-hybridized carbons (Fsp3) is 0.111. The topological polar surface area (TPSA) is 30.0 Å². The maximum absolute atomic E-state index is 12.9. The second-order valence-corrected chi connectivity index (χ2v) is 2.72. The van der Waals surface area contributed by atoms with Crippen LogP contribution in [0.4, 0.5) is 4.39 Å². The summed E-state index contributed by atoms with van der Waals surface area (Å²) in [6.07, 6.45) is 5.10. The van der Waals surface area contributed by atoms with Crippen molar-refractivity contribution in [2.45, 2.75) is 6.42 Å². The molecule has 1 rings (SSSR count). The molecular formula is C9H7ClFNO. The first kappa shape index (κ1) is 9.86. The van der Waals surface area contributed by atoms with E-state index in [1.54, 1.807) is 6.08 Å². The maximum Gasteiger partial charge on any atom is 0.148 e. The van der Waals surface area contributed by atoms with Crippen LogP contribution in [-0.4, -0.2) is 11.3 Å². The zero-order valence-corrected chi connectivity index (χ0v) is 7.46. The monoisotopic (exact) mass is 199 g/mol. The normalized spacial score (nSPS) is 10.6. The molecule has 0 N–H and O–H groups in total. The SMILES string of the molecule is O=CCC=Cc1cc(Cl)ncc1F. The lowest BCUT2D eigenvalue weighted by atomic mass is 10.2. The van der Waals surface area contributed by atoms with Crippen molar-refractivity contribution in [2.75, 3.05) is 0 Å². The smallest absolute Gasteiger partial charge is 0.148 e. The Hall–Kier alpha value is -1.22. The highest BCUT2D eigenvalue weighted by atomic mass is 35.5. The molecule has 0 saturated heterocycles. The van der Waals surface area contributed by atoms with Crippen molar-refractivity contribution < 1.29 is 9.18 Å². The standard InChI is InChI=1S/C9H7ClFNO/c10-9-5-7(3-1-2-4-13)8(11)6-12-9/h1,3-6H,2H2. The molecule has 68 valence electrons. The van der Waals surface area contributed by atoms with Gasteiger partial charge in [0.05, 0.1) is 6.20 Å². The van der Waals surface area contributed by atoms with Crippen LogP contribution in [0.25, 0.3) is 6.08 Å². The molecule has 1 heterocycles. The van der Waals surface area contributed by atoms with Gasteiger partial charge in [-0.3, -0.25) is 0 Å².